The molecule has 0 saturated heterocycles. The van der Waals surface area contributed by atoms with E-state index < -0.39 is 5.41 Å². The average molecular weight is 260 g/mol. The molecule has 3 nitrogen and oxygen atoms in total. The van der Waals surface area contributed by atoms with Crippen molar-refractivity contribution >= 4 is 11.8 Å². The molecule has 3 heteroatoms. The highest BCUT2D eigenvalue weighted by Gasteiger charge is 2.61. The molecule has 0 heterocycles. The van der Waals surface area contributed by atoms with E-state index in [9.17, 15) is 9.59 Å². The Bertz CT molecular complexity index is 530. The Labute approximate surface area is 113 Å². The Morgan fingerprint density at radius 3 is 2.74 bits per heavy atom. The van der Waals surface area contributed by atoms with E-state index in [0.29, 0.717) is 17.4 Å². The molecule has 0 amide bonds. The number of hydrogen-bond donors (Lipinski definition) is 0. The summed E-state index contributed by atoms with van der Waals surface area (Å²) in [5, 5.41) is 0. The third-order valence-corrected chi connectivity index (χ3v) is 5.75. The van der Waals surface area contributed by atoms with Crippen LogP contribution in [0.3, 0.4) is 0 Å². The first-order valence-corrected chi connectivity index (χ1v) is 6.86. The Morgan fingerprint density at radius 2 is 2.11 bits per heavy atom. The summed E-state index contributed by atoms with van der Waals surface area (Å²) in [5.41, 5.74) is 1.33. The van der Waals surface area contributed by atoms with Crippen LogP contribution in [0.5, 0.6) is 0 Å². The van der Waals surface area contributed by atoms with Gasteiger partial charge in [0, 0.05) is 11.0 Å². The van der Waals surface area contributed by atoms with Crippen molar-refractivity contribution in [3.8, 4) is 0 Å². The molecule has 19 heavy (non-hydrogen) atoms. The van der Waals surface area contributed by atoms with Crippen LogP contribution in [0.4, 0.5) is 0 Å². The monoisotopic (exact) mass is 260 g/mol. The highest BCUT2D eigenvalue weighted by Crippen LogP contribution is 2.66. The topological polar surface area (TPSA) is 43.4 Å². The van der Waals surface area contributed by atoms with Crippen molar-refractivity contribution < 1.29 is 14.3 Å². The molecule has 4 atom stereocenters. The molecule has 0 unspecified atom stereocenters. The highest BCUT2D eigenvalue weighted by atomic mass is 16.5. The van der Waals surface area contributed by atoms with Crippen molar-refractivity contribution in [3.63, 3.8) is 0 Å². The summed E-state index contributed by atoms with van der Waals surface area (Å²) >= 11 is 0. The molecule has 3 aliphatic rings. The molecule has 2 fully saturated rings. The summed E-state index contributed by atoms with van der Waals surface area (Å²) in [7, 11) is 1.45. The van der Waals surface area contributed by atoms with Crippen molar-refractivity contribution in [2.75, 3.05) is 7.11 Å². The predicted molar refractivity (Wildman–Crippen MR) is 71.3 cm³/mol. The van der Waals surface area contributed by atoms with Gasteiger partial charge in [-0.2, -0.15) is 0 Å². The summed E-state index contributed by atoms with van der Waals surface area (Å²) in [6.45, 7) is 8.12. The van der Waals surface area contributed by atoms with Gasteiger partial charge in [-0.1, -0.05) is 19.1 Å². The molecule has 0 aromatic rings. The van der Waals surface area contributed by atoms with Crippen molar-refractivity contribution in [2.45, 2.75) is 33.1 Å². The number of hydrogen-bond acceptors (Lipinski definition) is 3. The van der Waals surface area contributed by atoms with Crippen LogP contribution in [0, 0.1) is 22.7 Å². The van der Waals surface area contributed by atoms with Crippen molar-refractivity contribution in [1.82, 2.24) is 0 Å². The van der Waals surface area contributed by atoms with Gasteiger partial charge in [0.2, 0.25) is 0 Å². The predicted octanol–water partition coefficient (Wildman–Crippen LogP) is 2.67. The number of carbonyl (C=O) groups excluding carboxylic acids is 2. The fourth-order valence-electron chi connectivity index (χ4n) is 4.62. The second-order valence-electron chi connectivity index (χ2n) is 6.75. The minimum Gasteiger partial charge on any atom is -0.469 e. The van der Waals surface area contributed by atoms with E-state index >= 15 is 0 Å². The minimum absolute atomic E-state index is 0.0719. The zero-order chi connectivity index (χ0) is 14.0. The molecule has 0 bridgehead atoms. The van der Waals surface area contributed by atoms with Gasteiger partial charge >= 0.3 is 5.97 Å². The number of ether oxygens (including phenoxy) is 1. The normalized spacial score (nSPS) is 44.1. The quantitative estimate of drug-likeness (QED) is 0.538. The fourth-order valence-corrected chi connectivity index (χ4v) is 4.62. The van der Waals surface area contributed by atoms with Crippen LogP contribution in [-0.4, -0.2) is 18.9 Å². The molecular formula is C16H20O3. The molecule has 3 rings (SSSR count). The third kappa shape index (κ3) is 1.39. The molecule has 0 aliphatic heterocycles. The van der Waals surface area contributed by atoms with Crippen molar-refractivity contribution in [1.29, 1.82) is 0 Å². The number of esters is 1. The van der Waals surface area contributed by atoms with Crippen LogP contribution >= 0.6 is 0 Å². The lowest BCUT2D eigenvalue weighted by Crippen LogP contribution is -2.30. The van der Waals surface area contributed by atoms with Gasteiger partial charge in [-0.25, -0.2) is 0 Å². The summed E-state index contributed by atoms with van der Waals surface area (Å²) in [6, 6.07) is 0. The summed E-state index contributed by atoms with van der Waals surface area (Å²) < 4.78 is 4.95. The van der Waals surface area contributed by atoms with E-state index in [1.165, 1.54) is 12.7 Å². The van der Waals surface area contributed by atoms with Crippen LogP contribution in [0.15, 0.2) is 23.8 Å². The standard InChI is InChI=1S/C16H20O3/c1-9-13(17)6-11-5-10-7-15(2,14(18)19-4)8-12(10)16(9,11)3/h6,10,12H,1,5,7-8H2,2-4H3/t10-,12+,15-,16+/m0/s1. The van der Waals surface area contributed by atoms with Gasteiger partial charge in [0.05, 0.1) is 12.5 Å². The van der Waals surface area contributed by atoms with Gasteiger partial charge < -0.3 is 4.74 Å². The van der Waals surface area contributed by atoms with Crippen molar-refractivity contribution in [3.05, 3.63) is 23.8 Å². The smallest absolute Gasteiger partial charge is 0.311 e. The van der Waals surface area contributed by atoms with Crippen LogP contribution in [0.25, 0.3) is 0 Å². The Hall–Kier alpha value is -1.38. The van der Waals surface area contributed by atoms with Crippen LogP contribution in [0.1, 0.15) is 33.1 Å². The van der Waals surface area contributed by atoms with Crippen molar-refractivity contribution in [2.24, 2.45) is 22.7 Å². The Kier molecular flexibility index (Phi) is 2.39. The van der Waals surface area contributed by atoms with Crippen LogP contribution in [-0.2, 0) is 14.3 Å². The summed E-state index contributed by atoms with van der Waals surface area (Å²) in [4.78, 5) is 23.8. The van der Waals surface area contributed by atoms with Gasteiger partial charge in [0.25, 0.3) is 0 Å². The second kappa shape index (κ2) is 3.59. The zero-order valence-electron chi connectivity index (χ0n) is 11.8. The van der Waals surface area contributed by atoms with Gasteiger partial charge in [-0.3, -0.25) is 9.59 Å². The first kappa shape index (κ1) is 12.6. The van der Waals surface area contributed by atoms with E-state index in [1.54, 1.807) is 6.08 Å². The summed E-state index contributed by atoms with van der Waals surface area (Å²) in [5.74, 6) is 0.778. The maximum absolute atomic E-state index is 12.0. The molecule has 2 saturated carbocycles. The van der Waals surface area contributed by atoms with Gasteiger partial charge in [-0.15, -0.1) is 0 Å². The Morgan fingerprint density at radius 1 is 1.42 bits per heavy atom. The van der Waals surface area contributed by atoms with E-state index in [-0.39, 0.29) is 17.2 Å². The molecule has 0 aromatic heterocycles. The summed E-state index contributed by atoms with van der Waals surface area (Å²) in [6.07, 6.45) is 4.36. The molecule has 0 aromatic carbocycles. The molecule has 0 N–H and O–H groups in total. The number of allylic oxidation sites excluding steroid dienone is 3. The number of carbonyl (C=O) groups is 2. The molecule has 102 valence electrons. The van der Waals surface area contributed by atoms with E-state index in [4.69, 9.17) is 4.74 Å². The lowest BCUT2D eigenvalue weighted by molar-refractivity contribution is -0.151. The van der Waals surface area contributed by atoms with Gasteiger partial charge in [0.1, 0.15) is 0 Å². The fraction of sp³-hybridized carbons (Fsp3) is 0.625. The van der Waals surface area contributed by atoms with Crippen LogP contribution < -0.4 is 0 Å². The van der Waals surface area contributed by atoms with E-state index in [0.717, 1.165) is 19.3 Å². The highest BCUT2D eigenvalue weighted by molar-refractivity contribution is 6.09. The number of rotatable bonds is 1. The number of fused-ring (bicyclic) bond motifs is 3. The molecular weight excluding hydrogens is 240 g/mol. The number of ketones is 1. The van der Waals surface area contributed by atoms with E-state index in [1.807, 2.05) is 6.92 Å². The molecule has 0 radical (unpaired) electrons. The number of methoxy groups -OCH3 is 1. The SMILES string of the molecule is C=C1C(=O)C=C2C[C@H]3C[C@](C)(C(=O)OC)C[C@H]3[C@]12C. The minimum atomic E-state index is -0.398. The maximum atomic E-state index is 12.0. The largest absolute Gasteiger partial charge is 0.469 e. The van der Waals surface area contributed by atoms with Gasteiger partial charge in [-0.05, 0) is 44.1 Å². The average Bonchev–Trinajstić information content (AvgIpc) is 2.90. The molecule has 0 spiro atoms. The van der Waals surface area contributed by atoms with E-state index in [2.05, 4.69) is 13.5 Å². The first-order chi connectivity index (χ1) is 8.83. The maximum Gasteiger partial charge on any atom is 0.311 e. The Balaban J connectivity index is 1.95. The third-order valence-electron chi connectivity index (χ3n) is 5.75. The lowest BCUT2D eigenvalue weighted by Gasteiger charge is -2.31. The van der Waals surface area contributed by atoms with Gasteiger partial charge in [0.15, 0.2) is 5.78 Å². The lowest BCUT2D eigenvalue weighted by atomic mass is 9.71. The first-order valence-electron chi connectivity index (χ1n) is 6.86. The second-order valence-corrected chi connectivity index (χ2v) is 6.75. The van der Waals surface area contributed by atoms with Crippen LogP contribution in [0.2, 0.25) is 0 Å². The zero-order valence-corrected chi connectivity index (χ0v) is 11.8. The molecule has 3 aliphatic carbocycles.